The summed E-state index contributed by atoms with van der Waals surface area (Å²) < 4.78 is 0. The van der Waals surface area contributed by atoms with Crippen molar-refractivity contribution in [2.24, 2.45) is 0 Å². The molecule has 1 heterocycles. The van der Waals surface area contributed by atoms with Crippen LogP contribution >= 0.6 is 11.3 Å². The van der Waals surface area contributed by atoms with Crippen LogP contribution in [0.25, 0.3) is 0 Å². The number of hydrogen-bond acceptors (Lipinski definition) is 4. The van der Waals surface area contributed by atoms with Crippen LogP contribution in [0, 0.1) is 11.3 Å². The van der Waals surface area contributed by atoms with Gasteiger partial charge in [0, 0.05) is 6.04 Å². The summed E-state index contributed by atoms with van der Waals surface area (Å²) in [5, 5.41) is 18.0. The highest BCUT2D eigenvalue weighted by Crippen LogP contribution is 2.08. The third-order valence-corrected chi connectivity index (χ3v) is 2.83. The average Bonchev–Trinajstić information content (AvgIpc) is 2.76. The molecule has 16 heavy (non-hydrogen) atoms. The first kappa shape index (κ1) is 12.7. The molecule has 0 bridgehead atoms. The van der Waals surface area contributed by atoms with Gasteiger partial charge in [-0.15, -0.1) is 0 Å². The molecule has 0 radical (unpaired) electrons. The summed E-state index contributed by atoms with van der Waals surface area (Å²) in [6.07, 6.45) is 0.912. The first-order valence-corrected chi connectivity index (χ1v) is 6.04. The monoisotopic (exact) mass is 237 g/mol. The third-order valence-electron chi connectivity index (χ3n) is 2.10. The molecule has 0 saturated carbocycles. The van der Waals surface area contributed by atoms with Gasteiger partial charge in [-0.3, -0.25) is 4.79 Å². The van der Waals surface area contributed by atoms with Crippen molar-refractivity contribution in [1.29, 1.82) is 5.26 Å². The van der Waals surface area contributed by atoms with Gasteiger partial charge in [0.05, 0.1) is 12.6 Å². The Hall–Kier alpha value is -1.38. The fraction of sp³-hybridized carbons (Fsp3) is 0.455. The van der Waals surface area contributed by atoms with Crippen LogP contribution in [-0.2, 0) is 11.2 Å². The molecule has 1 aromatic heterocycles. The summed E-state index contributed by atoms with van der Waals surface area (Å²) in [5.41, 5.74) is 1.28. The fourth-order valence-corrected chi connectivity index (χ4v) is 1.98. The first-order valence-electron chi connectivity index (χ1n) is 5.10. The van der Waals surface area contributed by atoms with Gasteiger partial charge in [-0.05, 0) is 35.7 Å². The lowest BCUT2D eigenvalue weighted by molar-refractivity contribution is -0.120. The number of amides is 1. The molecular formula is C11H15N3OS. The Labute approximate surface area is 99.3 Å². The molecule has 86 valence electrons. The maximum Gasteiger partial charge on any atom is 0.234 e. The van der Waals surface area contributed by atoms with Gasteiger partial charge in [-0.25, -0.2) is 0 Å². The minimum absolute atomic E-state index is 0.0689. The van der Waals surface area contributed by atoms with E-state index in [0.29, 0.717) is 0 Å². The summed E-state index contributed by atoms with van der Waals surface area (Å²) in [6.45, 7) is 2.36. The Balaban J connectivity index is 2.18. The molecule has 0 aromatic carbocycles. The molecule has 1 amide bonds. The standard InChI is InChI=1S/C11H15N3OS/c1-9(6-10-2-5-16-8-10)14-7-11(15)13-4-3-12/h2,5,8-9,14H,4,6-7H2,1H3,(H,13,15). The van der Waals surface area contributed by atoms with Crippen LogP contribution in [0.4, 0.5) is 0 Å². The molecule has 0 aliphatic rings. The van der Waals surface area contributed by atoms with Gasteiger partial charge in [-0.2, -0.15) is 16.6 Å². The molecule has 2 N–H and O–H groups in total. The van der Waals surface area contributed by atoms with E-state index in [9.17, 15) is 4.79 Å². The fourth-order valence-electron chi connectivity index (χ4n) is 1.30. The van der Waals surface area contributed by atoms with E-state index in [0.717, 1.165) is 6.42 Å². The van der Waals surface area contributed by atoms with Crippen LogP contribution < -0.4 is 10.6 Å². The molecule has 4 nitrogen and oxygen atoms in total. The van der Waals surface area contributed by atoms with Crippen molar-refractivity contribution in [3.63, 3.8) is 0 Å². The Morgan fingerprint density at radius 2 is 2.50 bits per heavy atom. The van der Waals surface area contributed by atoms with E-state index in [4.69, 9.17) is 5.26 Å². The number of nitrogens with zero attached hydrogens (tertiary/aromatic N) is 1. The van der Waals surface area contributed by atoms with E-state index in [1.165, 1.54) is 5.56 Å². The SMILES string of the molecule is CC(Cc1ccsc1)NCC(=O)NCC#N. The maximum absolute atomic E-state index is 11.2. The van der Waals surface area contributed by atoms with Crippen molar-refractivity contribution in [2.45, 2.75) is 19.4 Å². The van der Waals surface area contributed by atoms with E-state index < -0.39 is 0 Å². The number of nitrogens with one attached hydrogen (secondary N) is 2. The topological polar surface area (TPSA) is 64.9 Å². The van der Waals surface area contributed by atoms with Crippen LogP contribution in [0.15, 0.2) is 16.8 Å². The zero-order valence-corrected chi connectivity index (χ0v) is 10.0. The molecule has 1 unspecified atom stereocenters. The summed E-state index contributed by atoms with van der Waals surface area (Å²) >= 11 is 1.67. The van der Waals surface area contributed by atoms with E-state index >= 15 is 0 Å². The largest absolute Gasteiger partial charge is 0.342 e. The number of hydrogen-bond donors (Lipinski definition) is 2. The second-order valence-electron chi connectivity index (χ2n) is 3.55. The Bertz CT molecular complexity index is 356. The van der Waals surface area contributed by atoms with Gasteiger partial charge in [0.15, 0.2) is 0 Å². The zero-order chi connectivity index (χ0) is 11.8. The molecule has 0 saturated heterocycles. The van der Waals surface area contributed by atoms with Crippen LogP contribution in [-0.4, -0.2) is 25.0 Å². The molecule has 0 spiro atoms. The van der Waals surface area contributed by atoms with Crippen LogP contribution in [0.1, 0.15) is 12.5 Å². The predicted molar refractivity (Wildman–Crippen MR) is 64.1 cm³/mol. The van der Waals surface area contributed by atoms with Gasteiger partial charge in [-0.1, -0.05) is 0 Å². The van der Waals surface area contributed by atoms with Crippen LogP contribution in [0.5, 0.6) is 0 Å². The van der Waals surface area contributed by atoms with E-state index in [-0.39, 0.29) is 25.0 Å². The summed E-state index contributed by atoms with van der Waals surface area (Å²) in [5.74, 6) is -0.140. The first-order chi connectivity index (χ1) is 7.72. The third kappa shape index (κ3) is 4.91. The van der Waals surface area contributed by atoms with E-state index in [2.05, 4.69) is 22.1 Å². The molecule has 1 atom stereocenters. The molecule has 0 fully saturated rings. The van der Waals surface area contributed by atoms with Crippen molar-refractivity contribution in [3.05, 3.63) is 22.4 Å². The van der Waals surface area contributed by atoms with Crippen molar-refractivity contribution in [3.8, 4) is 6.07 Å². The lowest BCUT2D eigenvalue weighted by Crippen LogP contribution is -2.38. The Morgan fingerprint density at radius 1 is 1.69 bits per heavy atom. The van der Waals surface area contributed by atoms with Gasteiger partial charge in [0.25, 0.3) is 0 Å². The summed E-state index contributed by atoms with van der Waals surface area (Å²) in [6, 6.07) is 4.20. The Morgan fingerprint density at radius 3 is 3.12 bits per heavy atom. The van der Waals surface area contributed by atoms with Gasteiger partial charge in [0.2, 0.25) is 5.91 Å². The number of nitriles is 1. The second kappa shape index (κ2) is 6.99. The Kier molecular flexibility index (Phi) is 5.54. The molecule has 0 aliphatic heterocycles. The highest BCUT2D eigenvalue weighted by molar-refractivity contribution is 7.07. The molecule has 0 aliphatic carbocycles. The van der Waals surface area contributed by atoms with Gasteiger partial charge >= 0.3 is 0 Å². The molecule has 5 heteroatoms. The highest BCUT2D eigenvalue weighted by atomic mass is 32.1. The lowest BCUT2D eigenvalue weighted by Gasteiger charge is -2.12. The molecular weight excluding hydrogens is 222 g/mol. The number of rotatable bonds is 6. The van der Waals surface area contributed by atoms with Crippen LogP contribution in [0.3, 0.4) is 0 Å². The molecule has 1 rings (SSSR count). The average molecular weight is 237 g/mol. The minimum Gasteiger partial charge on any atom is -0.342 e. The lowest BCUT2D eigenvalue weighted by atomic mass is 10.1. The molecule has 1 aromatic rings. The van der Waals surface area contributed by atoms with Crippen LogP contribution in [0.2, 0.25) is 0 Å². The predicted octanol–water partition coefficient (Wildman–Crippen LogP) is 0.908. The van der Waals surface area contributed by atoms with Crippen molar-refractivity contribution >= 4 is 17.2 Å². The van der Waals surface area contributed by atoms with Crippen molar-refractivity contribution in [2.75, 3.05) is 13.1 Å². The van der Waals surface area contributed by atoms with Crippen molar-refractivity contribution < 1.29 is 4.79 Å². The number of carbonyl (C=O) groups excluding carboxylic acids is 1. The van der Waals surface area contributed by atoms with Crippen molar-refractivity contribution in [1.82, 2.24) is 10.6 Å². The number of thiophene rings is 1. The summed E-state index contributed by atoms with van der Waals surface area (Å²) in [4.78, 5) is 11.2. The number of carbonyl (C=O) groups is 1. The maximum atomic E-state index is 11.2. The highest BCUT2D eigenvalue weighted by Gasteiger charge is 2.06. The normalized spacial score (nSPS) is 11.8. The van der Waals surface area contributed by atoms with Gasteiger partial charge < -0.3 is 10.6 Å². The van der Waals surface area contributed by atoms with E-state index in [1.54, 1.807) is 11.3 Å². The van der Waals surface area contributed by atoms with Gasteiger partial charge in [0.1, 0.15) is 6.54 Å². The van der Waals surface area contributed by atoms with E-state index in [1.807, 2.05) is 18.4 Å². The second-order valence-corrected chi connectivity index (χ2v) is 4.33. The smallest absolute Gasteiger partial charge is 0.234 e. The summed E-state index contributed by atoms with van der Waals surface area (Å²) in [7, 11) is 0. The minimum atomic E-state index is -0.140. The zero-order valence-electron chi connectivity index (χ0n) is 9.19. The quantitative estimate of drug-likeness (QED) is 0.723.